The first-order chi connectivity index (χ1) is 15.3. The predicted octanol–water partition coefficient (Wildman–Crippen LogP) is 5.13. The van der Waals surface area contributed by atoms with Crippen molar-refractivity contribution in [1.29, 1.82) is 0 Å². The van der Waals surface area contributed by atoms with E-state index in [4.69, 9.17) is 14.2 Å². The molecule has 0 saturated carbocycles. The van der Waals surface area contributed by atoms with Crippen molar-refractivity contribution < 1.29 is 19.0 Å². The highest BCUT2D eigenvalue weighted by atomic mass is 16.6. The van der Waals surface area contributed by atoms with Crippen LogP contribution in [0.1, 0.15) is 16.7 Å². The van der Waals surface area contributed by atoms with Crippen LogP contribution in [0.2, 0.25) is 0 Å². The summed E-state index contributed by atoms with van der Waals surface area (Å²) in [4.78, 5) is 12.0. The summed E-state index contributed by atoms with van der Waals surface area (Å²) in [5, 5.41) is 0. The van der Waals surface area contributed by atoms with E-state index in [9.17, 15) is 4.79 Å². The second kappa shape index (κ2) is 12.6. The zero-order valence-corrected chi connectivity index (χ0v) is 17.5. The molecule has 160 valence electrons. The Morgan fingerprint density at radius 3 is 1.39 bits per heavy atom. The van der Waals surface area contributed by atoms with Gasteiger partial charge in [0.25, 0.3) is 0 Å². The molecule has 3 aromatic carbocycles. The van der Waals surface area contributed by atoms with Gasteiger partial charge in [0, 0.05) is 0 Å². The molecule has 3 unspecified atom stereocenters. The summed E-state index contributed by atoms with van der Waals surface area (Å²) in [6.07, 6.45) is 0.488. The summed E-state index contributed by atoms with van der Waals surface area (Å²) in [7, 11) is 0. The molecule has 0 aromatic heterocycles. The number of benzene rings is 3. The van der Waals surface area contributed by atoms with Gasteiger partial charge in [-0.1, -0.05) is 97.1 Å². The van der Waals surface area contributed by atoms with Gasteiger partial charge in [0.05, 0.1) is 19.8 Å². The summed E-state index contributed by atoms with van der Waals surface area (Å²) in [6.45, 7) is 4.93. The molecule has 0 aliphatic rings. The fourth-order valence-corrected chi connectivity index (χ4v) is 3.19. The number of carbonyl (C=O) groups excluding carboxylic acids is 1. The van der Waals surface area contributed by atoms with Crippen LogP contribution in [0.25, 0.3) is 0 Å². The Kier molecular flexibility index (Phi) is 9.20. The zero-order chi connectivity index (χ0) is 21.7. The number of ether oxygens (including phenoxy) is 3. The minimum absolute atomic E-state index is 0.304. The quantitative estimate of drug-likeness (QED) is 0.286. The van der Waals surface area contributed by atoms with Gasteiger partial charge >= 0.3 is 0 Å². The summed E-state index contributed by atoms with van der Waals surface area (Å²) < 4.78 is 18.2. The lowest BCUT2D eigenvalue weighted by Gasteiger charge is -2.29. The van der Waals surface area contributed by atoms with Gasteiger partial charge in [-0.3, -0.25) is 0 Å². The van der Waals surface area contributed by atoms with Crippen molar-refractivity contribution in [3.63, 3.8) is 0 Å². The second-order valence-corrected chi connectivity index (χ2v) is 7.16. The van der Waals surface area contributed by atoms with Gasteiger partial charge < -0.3 is 19.0 Å². The van der Waals surface area contributed by atoms with Crippen LogP contribution >= 0.6 is 0 Å². The lowest BCUT2D eigenvalue weighted by molar-refractivity contribution is -0.150. The molecule has 3 rings (SSSR count). The third kappa shape index (κ3) is 7.30. The third-order valence-electron chi connectivity index (χ3n) is 4.87. The maximum Gasteiger partial charge on any atom is 0.151 e. The molecule has 0 bridgehead atoms. The molecule has 0 amide bonds. The lowest BCUT2D eigenvalue weighted by Crippen LogP contribution is -2.42. The smallest absolute Gasteiger partial charge is 0.151 e. The first-order valence-corrected chi connectivity index (χ1v) is 10.3. The third-order valence-corrected chi connectivity index (χ3v) is 4.87. The molecule has 31 heavy (non-hydrogen) atoms. The van der Waals surface area contributed by atoms with E-state index in [1.165, 1.54) is 0 Å². The standard InChI is InChI=1S/C27H28O4/c1-2-25(29-19-22-12-6-3-7-13-22)27(31-21-24-16-10-5-11-17-24)26(18-28)30-20-23-14-8-4-9-15-23/h2-18,25-27H,1,19-21H2. The second-order valence-electron chi connectivity index (χ2n) is 7.16. The van der Waals surface area contributed by atoms with E-state index in [-0.39, 0.29) is 0 Å². The van der Waals surface area contributed by atoms with E-state index < -0.39 is 18.3 Å². The molecule has 0 fully saturated rings. The molecule has 3 atom stereocenters. The van der Waals surface area contributed by atoms with E-state index in [0.717, 1.165) is 23.0 Å². The Bertz CT molecular complexity index is 841. The summed E-state index contributed by atoms with van der Waals surface area (Å²) in [5.41, 5.74) is 3.02. The van der Waals surface area contributed by atoms with Crippen LogP contribution < -0.4 is 0 Å². The Morgan fingerprint density at radius 2 is 1.00 bits per heavy atom. The number of aldehydes is 1. The van der Waals surface area contributed by atoms with E-state index >= 15 is 0 Å². The van der Waals surface area contributed by atoms with Gasteiger partial charge in [-0.05, 0) is 16.7 Å². The van der Waals surface area contributed by atoms with Gasteiger partial charge in [0.1, 0.15) is 18.3 Å². The van der Waals surface area contributed by atoms with Crippen LogP contribution in [-0.4, -0.2) is 24.6 Å². The van der Waals surface area contributed by atoms with Crippen molar-refractivity contribution in [3.05, 3.63) is 120 Å². The Labute approximate surface area is 184 Å². The van der Waals surface area contributed by atoms with Crippen molar-refractivity contribution in [2.24, 2.45) is 0 Å². The molecule has 4 nitrogen and oxygen atoms in total. The number of rotatable bonds is 13. The molecule has 0 spiro atoms. The largest absolute Gasteiger partial charge is 0.367 e. The number of carbonyl (C=O) groups is 1. The van der Waals surface area contributed by atoms with Crippen LogP contribution in [0, 0.1) is 0 Å². The Morgan fingerprint density at radius 1 is 0.613 bits per heavy atom. The topological polar surface area (TPSA) is 44.8 Å². The van der Waals surface area contributed by atoms with Gasteiger partial charge in [-0.2, -0.15) is 0 Å². The zero-order valence-electron chi connectivity index (χ0n) is 17.5. The van der Waals surface area contributed by atoms with E-state index in [0.29, 0.717) is 19.8 Å². The van der Waals surface area contributed by atoms with Gasteiger partial charge in [-0.25, -0.2) is 0 Å². The SMILES string of the molecule is C=CC(OCc1ccccc1)C(OCc1ccccc1)C(C=O)OCc1ccccc1. The fourth-order valence-electron chi connectivity index (χ4n) is 3.19. The molecule has 0 saturated heterocycles. The normalized spacial score (nSPS) is 13.8. The first-order valence-electron chi connectivity index (χ1n) is 10.3. The summed E-state index contributed by atoms with van der Waals surface area (Å²) >= 11 is 0. The maximum absolute atomic E-state index is 12.0. The first kappa shape index (κ1) is 22.6. The molecule has 0 N–H and O–H groups in total. The summed E-state index contributed by atoms with van der Waals surface area (Å²) in [5.74, 6) is 0. The van der Waals surface area contributed by atoms with Crippen molar-refractivity contribution in [3.8, 4) is 0 Å². The average molecular weight is 417 g/mol. The average Bonchev–Trinajstić information content (AvgIpc) is 2.84. The highest BCUT2D eigenvalue weighted by Crippen LogP contribution is 2.18. The monoisotopic (exact) mass is 416 g/mol. The van der Waals surface area contributed by atoms with Gasteiger partial charge in [0.15, 0.2) is 6.29 Å². The highest BCUT2D eigenvalue weighted by molar-refractivity contribution is 5.57. The predicted molar refractivity (Wildman–Crippen MR) is 121 cm³/mol. The van der Waals surface area contributed by atoms with E-state index in [2.05, 4.69) is 6.58 Å². The van der Waals surface area contributed by atoms with Crippen LogP contribution in [0.5, 0.6) is 0 Å². The van der Waals surface area contributed by atoms with Crippen molar-refractivity contribution >= 4 is 6.29 Å². The van der Waals surface area contributed by atoms with Crippen molar-refractivity contribution in [1.82, 2.24) is 0 Å². The number of hydrogen-bond donors (Lipinski definition) is 0. The summed E-state index contributed by atoms with van der Waals surface area (Å²) in [6, 6.07) is 29.4. The van der Waals surface area contributed by atoms with E-state index in [1.807, 2.05) is 91.0 Å². The maximum atomic E-state index is 12.0. The fraction of sp³-hybridized carbons (Fsp3) is 0.222. The van der Waals surface area contributed by atoms with E-state index in [1.54, 1.807) is 6.08 Å². The number of hydrogen-bond acceptors (Lipinski definition) is 4. The molecular weight excluding hydrogens is 388 g/mol. The molecule has 0 radical (unpaired) electrons. The molecule has 0 aliphatic carbocycles. The van der Waals surface area contributed by atoms with Gasteiger partial charge in [0.2, 0.25) is 0 Å². The minimum Gasteiger partial charge on any atom is -0.367 e. The van der Waals surface area contributed by atoms with Crippen LogP contribution in [0.3, 0.4) is 0 Å². The van der Waals surface area contributed by atoms with Crippen molar-refractivity contribution in [2.45, 2.75) is 38.1 Å². The van der Waals surface area contributed by atoms with Crippen LogP contribution in [0.15, 0.2) is 104 Å². The molecule has 0 aliphatic heterocycles. The highest BCUT2D eigenvalue weighted by Gasteiger charge is 2.30. The van der Waals surface area contributed by atoms with Crippen LogP contribution in [0.4, 0.5) is 0 Å². The molecule has 4 heteroatoms. The molecule has 3 aromatic rings. The Hall–Kier alpha value is -3.05. The van der Waals surface area contributed by atoms with Gasteiger partial charge in [-0.15, -0.1) is 6.58 Å². The Balaban J connectivity index is 1.71. The van der Waals surface area contributed by atoms with Crippen LogP contribution in [-0.2, 0) is 38.8 Å². The molecule has 0 heterocycles. The lowest BCUT2D eigenvalue weighted by atomic mass is 10.1. The van der Waals surface area contributed by atoms with Crippen molar-refractivity contribution in [2.75, 3.05) is 0 Å². The minimum atomic E-state index is -0.803. The molecular formula is C27H28O4.